The number of nitrogens with one attached hydrogen (secondary N) is 1. The summed E-state index contributed by atoms with van der Waals surface area (Å²) in [5.41, 5.74) is 3.45. The summed E-state index contributed by atoms with van der Waals surface area (Å²) in [6.45, 7) is 6.05. The first kappa shape index (κ1) is 34.7. The Balaban J connectivity index is 1.92. The molecule has 0 aliphatic heterocycles. The highest BCUT2D eigenvalue weighted by atomic mass is 32.1. The standard InChI is InChI=1S/C34H52N4O4S/c1-24(2)16-17-31(39)30(18-26-12-8-6-9-13-26)38(21-33(41)37(4)5)34(42)28(19-29-22-43-23-35-29)20-32(40)36-25(3)27-14-10-7-11-15-27/h7,10-11,14-15,22-26,28,30-31,39H,6,8-9,12-13,16-21H2,1-5H3,(H,36,40)/t25-,28+,30-,31-/m0/s1. The van der Waals surface area contributed by atoms with Gasteiger partial charge >= 0.3 is 0 Å². The normalized spacial score (nSPS) is 16.7. The van der Waals surface area contributed by atoms with E-state index in [1.165, 1.54) is 22.7 Å². The minimum absolute atomic E-state index is 0.0293. The Hall–Kier alpha value is -2.78. The van der Waals surface area contributed by atoms with Gasteiger partial charge in [-0.25, -0.2) is 4.98 Å². The molecule has 43 heavy (non-hydrogen) atoms. The molecule has 9 heteroatoms. The van der Waals surface area contributed by atoms with Crippen molar-refractivity contribution in [2.24, 2.45) is 17.8 Å². The Morgan fingerprint density at radius 2 is 1.74 bits per heavy atom. The van der Waals surface area contributed by atoms with E-state index in [-0.39, 0.29) is 36.7 Å². The predicted octanol–water partition coefficient (Wildman–Crippen LogP) is 5.62. The number of likely N-dealkylation sites (N-methyl/N-ethyl adjacent to an activating group) is 1. The van der Waals surface area contributed by atoms with Gasteiger partial charge in [0.15, 0.2) is 0 Å². The molecule has 238 valence electrons. The Kier molecular flexibility index (Phi) is 14.1. The molecule has 2 N–H and O–H groups in total. The van der Waals surface area contributed by atoms with Crippen LogP contribution in [0.2, 0.25) is 0 Å². The van der Waals surface area contributed by atoms with E-state index in [0.29, 0.717) is 31.1 Å². The molecule has 0 unspecified atom stereocenters. The molecule has 1 aliphatic carbocycles. The molecule has 8 nitrogen and oxygen atoms in total. The summed E-state index contributed by atoms with van der Waals surface area (Å²) >= 11 is 1.45. The van der Waals surface area contributed by atoms with E-state index in [9.17, 15) is 19.5 Å². The molecule has 0 saturated heterocycles. The zero-order valence-corrected chi connectivity index (χ0v) is 27.5. The van der Waals surface area contributed by atoms with Crippen LogP contribution < -0.4 is 5.32 Å². The van der Waals surface area contributed by atoms with Crippen LogP contribution >= 0.6 is 11.3 Å². The van der Waals surface area contributed by atoms with E-state index >= 15 is 0 Å². The van der Waals surface area contributed by atoms with Gasteiger partial charge in [0.25, 0.3) is 0 Å². The largest absolute Gasteiger partial charge is 0.391 e. The first-order valence-corrected chi connectivity index (χ1v) is 16.9. The van der Waals surface area contributed by atoms with Gasteiger partial charge in [-0.05, 0) is 43.6 Å². The number of rotatable bonds is 16. The molecular formula is C34H52N4O4S. The number of amides is 3. The van der Waals surface area contributed by atoms with Gasteiger partial charge in [0, 0.05) is 32.3 Å². The number of carbonyl (C=O) groups excluding carboxylic acids is 3. The number of aliphatic hydroxyl groups excluding tert-OH is 1. The summed E-state index contributed by atoms with van der Waals surface area (Å²) in [4.78, 5) is 48.7. The minimum atomic E-state index is -0.755. The lowest BCUT2D eigenvalue weighted by Gasteiger charge is -2.39. The van der Waals surface area contributed by atoms with Gasteiger partial charge in [-0.15, -0.1) is 11.3 Å². The Bertz CT molecular complexity index is 1120. The summed E-state index contributed by atoms with van der Waals surface area (Å²) in [5, 5.41) is 16.6. The molecule has 1 aliphatic rings. The summed E-state index contributed by atoms with van der Waals surface area (Å²) in [7, 11) is 3.36. The van der Waals surface area contributed by atoms with Gasteiger partial charge in [0.2, 0.25) is 17.7 Å². The molecule has 1 saturated carbocycles. The maximum atomic E-state index is 14.6. The number of nitrogens with zero attached hydrogens (tertiary/aromatic N) is 3. The lowest BCUT2D eigenvalue weighted by Crippen LogP contribution is -2.54. The van der Waals surface area contributed by atoms with E-state index in [4.69, 9.17) is 0 Å². The van der Waals surface area contributed by atoms with Crippen molar-refractivity contribution in [3.05, 3.63) is 52.5 Å². The molecule has 2 aromatic rings. The van der Waals surface area contributed by atoms with Crippen LogP contribution in [0.1, 0.15) is 95.9 Å². The first-order chi connectivity index (χ1) is 20.5. The van der Waals surface area contributed by atoms with E-state index in [0.717, 1.165) is 43.4 Å². The number of aliphatic hydroxyl groups is 1. The fraction of sp³-hybridized carbons (Fsp3) is 0.647. The molecule has 0 radical (unpaired) electrons. The molecular weight excluding hydrogens is 560 g/mol. The van der Waals surface area contributed by atoms with Crippen LogP contribution in [-0.4, -0.2) is 70.4 Å². The van der Waals surface area contributed by atoms with Gasteiger partial charge in [0.05, 0.1) is 35.3 Å². The van der Waals surface area contributed by atoms with Crippen LogP contribution in [0.25, 0.3) is 0 Å². The van der Waals surface area contributed by atoms with Crippen LogP contribution in [0.3, 0.4) is 0 Å². The molecule has 0 spiro atoms. The van der Waals surface area contributed by atoms with Crippen molar-refractivity contribution >= 4 is 29.1 Å². The topological polar surface area (TPSA) is 103 Å². The summed E-state index contributed by atoms with van der Waals surface area (Å²) < 4.78 is 0. The van der Waals surface area contributed by atoms with Crippen molar-refractivity contribution in [2.75, 3.05) is 20.6 Å². The van der Waals surface area contributed by atoms with E-state index < -0.39 is 18.1 Å². The first-order valence-electron chi connectivity index (χ1n) is 15.9. The van der Waals surface area contributed by atoms with Crippen molar-refractivity contribution in [2.45, 2.75) is 103 Å². The molecule has 3 rings (SSSR count). The molecule has 1 aromatic heterocycles. The smallest absolute Gasteiger partial charge is 0.241 e. The maximum absolute atomic E-state index is 14.6. The van der Waals surface area contributed by atoms with Gasteiger partial charge in [-0.2, -0.15) is 0 Å². The van der Waals surface area contributed by atoms with Gasteiger partial charge in [0.1, 0.15) is 6.54 Å². The van der Waals surface area contributed by atoms with E-state index in [2.05, 4.69) is 24.1 Å². The summed E-state index contributed by atoms with van der Waals surface area (Å²) in [6, 6.07) is 9.02. The van der Waals surface area contributed by atoms with Gasteiger partial charge in [-0.3, -0.25) is 14.4 Å². The lowest BCUT2D eigenvalue weighted by molar-refractivity contribution is -0.148. The fourth-order valence-electron chi connectivity index (χ4n) is 6.02. The average molecular weight is 613 g/mol. The lowest BCUT2D eigenvalue weighted by atomic mass is 9.82. The number of hydrogen-bond acceptors (Lipinski definition) is 6. The predicted molar refractivity (Wildman–Crippen MR) is 172 cm³/mol. The van der Waals surface area contributed by atoms with Crippen molar-refractivity contribution in [1.82, 2.24) is 20.1 Å². The molecule has 1 fully saturated rings. The van der Waals surface area contributed by atoms with Crippen molar-refractivity contribution in [3.8, 4) is 0 Å². The summed E-state index contributed by atoms with van der Waals surface area (Å²) in [5.74, 6) is -0.614. The third-order valence-corrected chi connectivity index (χ3v) is 9.30. The Morgan fingerprint density at radius 1 is 1.05 bits per heavy atom. The number of carbonyl (C=O) groups is 3. The number of benzene rings is 1. The van der Waals surface area contributed by atoms with Crippen LogP contribution in [0, 0.1) is 17.8 Å². The van der Waals surface area contributed by atoms with Crippen LogP contribution in [-0.2, 0) is 20.8 Å². The average Bonchev–Trinajstić information content (AvgIpc) is 3.51. The SMILES string of the molecule is CC(C)CC[C@H](O)[C@H](CC1CCCCC1)N(CC(=O)N(C)C)C(=O)[C@@H](CC(=O)N[C@@H](C)c1ccccc1)Cc1cscn1. The van der Waals surface area contributed by atoms with Crippen LogP contribution in [0.4, 0.5) is 0 Å². The second-order valence-electron chi connectivity index (χ2n) is 12.9. The molecule has 1 heterocycles. The monoisotopic (exact) mass is 612 g/mol. The second-order valence-corrected chi connectivity index (χ2v) is 13.6. The van der Waals surface area contributed by atoms with E-state index in [1.54, 1.807) is 24.5 Å². The number of hydrogen-bond donors (Lipinski definition) is 2. The van der Waals surface area contributed by atoms with Crippen LogP contribution in [0.15, 0.2) is 41.2 Å². The third-order valence-electron chi connectivity index (χ3n) is 8.67. The Labute approximate surface area is 262 Å². The highest BCUT2D eigenvalue weighted by molar-refractivity contribution is 7.07. The van der Waals surface area contributed by atoms with Crippen molar-refractivity contribution < 1.29 is 19.5 Å². The van der Waals surface area contributed by atoms with Crippen molar-refractivity contribution in [3.63, 3.8) is 0 Å². The highest BCUT2D eigenvalue weighted by Crippen LogP contribution is 2.32. The van der Waals surface area contributed by atoms with Gasteiger partial charge < -0.3 is 20.2 Å². The molecule has 4 atom stereocenters. The van der Waals surface area contributed by atoms with Gasteiger partial charge in [-0.1, -0.05) is 76.3 Å². The highest BCUT2D eigenvalue weighted by Gasteiger charge is 2.38. The Morgan fingerprint density at radius 3 is 2.35 bits per heavy atom. The number of aromatic nitrogens is 1. The van der Waals surface area contributed by atoms with Crippen LogP contribution in [0.5, 0.6) is 0 Å². The molecule has 0 bridgehead atoms. The maximum Gasteiger partial charge on any atom is 0.241 e. The second kappa shape index (κ2) is 17.5. The molecule has 1 aromatic carbocycles. The minimum Gasteiger partial charge on any atom is -0.391 e. The van der Waals surface area contributed by atoms with Crippen molar-refractivity contribution in [1.29, 1.82) is 0 Å². The zero-order chi connectivity index (χ0) is 31.4. The number of thiazole rings is 1. The summed E-state index contributed by atoms with van der Waals surface area (Å²) in [6.07, 6.45) is 7.20. The third kappa shape index (κ3) is 11.3. The molecule has 3 amide bonds. The fourth-order valence-corrected chi connectivity index (χ4v) is 6.59. The quantitative estimate of drug-likeness (QED) is 0.256. The van der Waals surface area contributed by atoms with E-state index in [1.807, 2.05) is 42.6 Å². The zero-order valence-electron chi connectivity index (χ0n) is 26.7.